The second-order valence-corrected chi connectivity index (χ2v) is 9.25. The molecule has 1 aromatic heterocycles. The molecule has 3 aromatic rings. The van der Waals surface area contributed by atoms with Crippen LogP contribution < -0.4 is 14.4 Å². The second-order valence-electron chi connectivity index (χ2n) is 8.20. The maximum absolute atomic E-state index is 13.3. The Morgan fingerprint density at radius 2 is 1.68 bits per heavy atom. The zero-order chi connectivity index (χ0) is 22.6. The summed E-state index contributed by atoms with van der Waals surface area (Å²) >= 11 is 1.57. The SMILES string of the molecule is COc1ccc(-c2cc3c(s2)C(=O)N(c2ccc(OCCN4CCOCC4)cc2)CC3)cc1.Cl. The molecule has 0 aliphatic carbocycles. The van der Waals surface area contributed by atoms with Crippen LogP contribution in [0.3, 0.4) is 0 Å². The van der Waals surface area contributed by atoms with Gasteiger partial charge in [0.2, 0.25) is 0 Å². The van der Waals surface area contributed by atoms with E-state index in [-0.39, 0.29) is 18.3 Å². The topological polar surface area (TPSA) is 51.2 Å². The first kappa shape index (κ1) is 24.5. The number of morpholine rings is 1. The van der Waals surface area contributed by atoms with Crippen molar-refractivity contribution in [3.8, 4) is 21.9 Å². The third-order valence-electron chi connectivity index (χ3n) is 6.16. The van der Waals surface area contributed by atoms with Crippen molar-refractivity contribution in [3.05, 3.63) is 65.0 Å². The Labute approximate surface area is 210 Å². The number of carbonyl (C=O) groups is 1. The van der Waals surface area contributed by atoms with E-state index in [4.69, 9.17) is 14.2 Å². The first-order valence-electron chi connectivity index (χ1n) is 11.3. The van der Waals surface area contributed by atoms with E-state index < -0.39 is 0 Å². The summed E-state index contributed by atoms with van der Waals surface area (Å²) in [6.45, 7) is 5.75. The molecule has 2 aromatic carbocycles. The summed E-state index contributed by atoms with van der Waals surface area (Å²) in [6.07, 6.45) is 0.853. The largest absolute Gasteiger partial charge is 0.497 e. The van der Waals surface area contributed by atoms with E-state index in [1.807, 2.05) is 53.4 Å². The molecule has 2 aliphatic rings. The number of fused-ring (bicyclic) bond motifs is 1. The fourth-order valence-electron chi connectivity index (χ4n) is 4.24. The predicted octanol–water partition coefficient (Wildman–Crippen LogP) is 4.76. The molecule has 2 aliphatic heterocycles. The number of rotatable bonds is 7. The smallest absolute Gasteiger partial charge is 0.268 e. The first-order chi connectivity index (χ1) is 16.2. The summed E-state index contributed by atoms with van der Waals surface area (Å²) in [5.41, 5.74) is 3.15. The van der Waals surface area contributed by atoms with Crippen LogP contribution in [0.25, 0.3) is 10.4 Å². The van der Waals surface area contributed by atoms with Crippen LogP contribution in [0.2, 0.25) is 0 Å². The van der Waals surface area contributed by atoms with Crippen molar-refractivity contribution >= 4 is 35.3 Å². The Morgan fingerprint density at radius 1 is 0.971 bits per heavy atom. The minimum atomic E-state index is 0. The number of ether oxygens (including phenoxy) is 3. The molecule has 0 unspecified atom stereocenters. The Kier molecular flexibility index (Phi) is 8.11. The van der Waals surface area contributed by atoms with Crippen molar-refractivity contribution in [1.82, 2.24) is 4.90 Å². The van der Waals surface area contributed by atoms with E-state index in [1.54, 1.807) is 18.4 Å². The van der Waals surface area contributed by atoms with Gasteiger partial charge in [-0.1, -0.05) is 0 Å². The summed E-state index contributed by atoms with van der Waals surface area (Å²) in [5, 5.41) is 0. The summed E-state index contributed by atoms with van der Waals surface area (Å²) in [7, 11) is 1.66. The molecule has 0 radical (unpaired) electrons. The minimum Gasteiger partial charge on any atom is -0.497 e. The standard InChI is InChI=1S/C26H28N2O4S.ClH/c1-30-22-6-2-19(3-7-22)24-18-20-10-11-28(26(29)25(20)33-24)21-4-8-23(9-5-21)32-17-14-27-12-15-31-16-13-27;/h2-9,18H,10-17H2,1H3;1H. The highest BCUT2D eigenvalue weighted by Gasteiger charge is 2.28. The van der Waals surface area contributed by atoms with Gasteiger partial charge in [-0.25, -0.2) is 0 Å². The van der Waals surface area contributed by atoms with Crippen molar-refractivity contribution in [2.45, 2.75) is 6.42 Å². The number of halogens is 1. The predicted molar refractivity (Wildman–Crippen MR) is 138 cm³/mol. The molecule has 5 rings (SSSR count). The molecule has 0 atom stereocenters. The summed E-state index contributed by atoms with van der Waals surface area (Å²) in [6, 6.07) is 18.0. The number of hydrogen-bond donors (Lipinski definition) is 0. The molecule has 1 amide bonds. The fraction of sp³-hybridized carbons (Fsp3) is 0.346. The van der Waals surface area contributed by atoms with Gasteiger partial charge in [0.1, 0.15) is 18.1 Å². The number of thiophene rings is 1. The molecule has 0 N–H and O–H groups in total. The number of anilines is 1. The van der Waals surface area contributed by atoms with Crippen molar-refractivity contribution < 1.29 is 19.0 Å². The molecular formula is C26H29ClN2O4S. The van der Waals surface area contributed by atoms with Gasteiger partial charge in [0, 0.05) is 36.7 Å². The van der Waals surface area contributed by atoms with E-state index in [2.05, 4.69) is 11.0 Å². The molecule has 0 spiro atoms. The molecule has 3 heterocycles. The molecule has 0 saturated carbocycles. The second kappa shape index (κ2) is 11.2. The van der Waals surface area contributed by atoms with Crippen LogP contribution in [0.4, 0.5) is 5.69 Å². The molecular weight excluding hydrogens is 472 g/mol. The number of amides is 1. The Bertz CT molecular complexity index is 1090. The van der Waals surface area contributed by atoms with E-state index in [1.165, 1.54) is 0 Å². The van der Waals surface area contributed by atoms with Crippen LogP contribution in [-0.2, 0) is 11.2 Å². The molecule has 0 bridgehead atoms. The van der Waals surface area contributed by atoms with Gasteiger partial charge in [-0.15, -0.1) is 23.7 Å². The van der Waals surface area contributed by atoms with Crippen molar-refractivity contribution in [2.75, 3.05) is 58.0 Å². The Balaban J connectivity index is 0.00000274. The van der Waals surface area contributed by atoms with Crippen LogP contribution in [0, 0.1) is 0 Å². The third-order valence-corrected chi connectivity index (χ3v) is 7.37. The van der Waals surface area contributed by atoms with E-state index in [0.29, 0.717) is 13.2 Å². The number of nitrogens with zero attached hydrogens (tertiary/aromatic N) is 2. The molecule has 6 nitrogen and oxygen atoms in total. The molecule has 180 valence electrons. The highest BCUT2D eigenvalue weighted by molar-refractivity contribution is 7.17. The van der Waals surface area contributed by atoms with Crippen LogP contribution in [0.5, 0.6) is 11.5 Å². The number of carbonyl (C=O) groups excluding carboxylic acids is 1. The van der Waals surface area contributed by atoms with Crippen molar-refractivity contribution in [3.63, 3.8) is 0 Å². The van der Waals surface area contributed by atoms with Gasteiger partial charge in [-0.05, 0) is 72.1 Å². The van der Waals surface area contributed by atoms with Crippen LogP contribution >= 0.6 is 23.7 Å². The van der Waals surface area contributed by atoms with Crippen LogP contribution in [0.15, 0.2) is 54.6 Å². The summed E-state index contributed by atoms with van der Waals surface area (Å²) in [4.78, 5) is 19.4. The van der Waals surface area contributed by atoms with E-state index >= 15 is 0 Å². The molecule has 34 heavy (non-hydrogen) atoms. The number of hydrogen-bond acceptors (Lipinski definition) is 6. The van der Waals surface area contributed by atoms with E-state index in [9.17, 15) is 4.79 Å². The van der Waals surface area contributed by atoms with Gasteiger partial charge in [0.15, 0.2) is 0 Å². The minimum absolute atomic E-state index is 0. The lowest BCUT2D eigenvalue weighted by molar-refractivity contribution is 0.0322. The van der Waals surface area contributed by atoms with Gasteiger partial charge in [-0.2, -0.15) is 0 Å². The molecule has 1 fully saturated rings. The summed E-state index contributed by atoms with van der Waals surface area (Å²) in [5.74, 6) is 1.73. The van der Waals surface area contributed by atoms with E-state index in [0.717, 1.165) is 77.3 Å². The van der Waals surface area contributed by atoms with Crippen molar-refractivity contribution in [1.29, 1.82) is 0 Å². The Morgan fingerprint density at radius 3 is 2.38 bits per heavy atom. The summed E-state index contributed by atoms with van der Waals surface area (Å²) < 4.78 is 16.5. The third kappa shape index (κ3) is 5.39. The lowest BCUT2D eigenvalue weighted by atomic mass is 10.1. The average molecular weight is 501 g/mol. The number of methoxy groups -OCH3 is 1. The quantitative estimate of drug-likeness (QED) is 0.468. The lowest BCUT2D eigenvalue weighted by Gasteiger charge is -2.27. The highest BCUT2D eigenvalue weighted by atomic mass is 35.5. The number of benzene rings is 2. The van der Waals surface area contributed by atoms with Gasteiger partial charge in [0.25, 0.3) is 5.91 Å². The fourth-order valence-corrected chi connectivity index (χ4v) is 5.40. The monoisotopic (exact) mass is 500 g/mol. The van der Waals surface area contributed by atoms with Crippen LogP contribution in [0.1, 0.15) is 15.2 Å². The molecule has 1 saturated heterocycles. The van der Waals surface area contributed by atoms with Gasteiger partial charge < -0.3 is 19.1 Å². The van der Waals surface area contributed by atoms with Gasteiger partial charge in [-0.3, -0.25) is 9.69 Å². The zero-order valence-electron chi connectivity index (χ0n) is 19.2. The zero-order valence-corrected chi connectivity index (χ0v) is 20.8. The average Bonchev–Trinajstić information content (AvgIpc) is 3.31. The molecule has 8 heteroatoms. The maximum atomic E-state index is 13.3. The maximum Gasteiger partial charge on any atom is 0.268 e. The normalized spacial score (nSPS) is 16.0. The van der Waals surface area contributed by atoms with Gasteiger partial charge in [0.05, 0.1) is 25.2 Å². The first-order valence-corrected chi connectivity index (χ1v) is 12.1. The Hall–Kier alpha value is -2.58. The van der Waals surface area contributed by atoms with Crippen molar-refractivity contribution in [2.24, 2.45) is 0 Å². The van der Waals surface area contributed by atoms with Crippen LogP contribution in [-0.4, -0.2) is 63.9 Å². The van der Waals surface area contributed by atoms with Gasteiger partial charge >= 0.3 is 0 Å². The highest BCUT2D eigenvalue weighted by Crippen LogP contribution is 2.36. The lowest BCUT2D eigenvalue weighted by Crippen LogP contribution is -2.38.